The maximum atomic E-state index is 12.7. The molecule has 1 saturated heterocycles. The lowest BCUT2D eigenvalue weighted by Gasteiger charge is -2.30. The maximum Gasteiger partial charge on any atom is 0.252 e. The monoisotopic (exact) mass is 458 g/mol. The predicted molar refractivity (Wildman–Crippen MR) is 116 cm³/mol. The Labute approximate surface area is 179 Å². The SMILES string of the molecule is O=C(NCCSCc1ccccc1Cl)C1CCCN(S(=O)(=O)c2cccs2)C1. The Morgan fingerprint density at radius 2 is 2.11 bits per heavy atom. The van der Waals surface area contributed by atoms with E-state index in [2.05, 4.69) is 5.32 Å². The van der Waals surface area contributed by atoms with Gasteiger partial charge in [0.15, 0.2) is 0 Å². The Bertz CT molecular complexity index is 888. The molecule has 9 heteroatoms. The zero-order valence-corrected chi connectivity index (χ0v) is 18.5. The van der Waals surface area contributed by atoms with Crippen molar-refractivity contribution in [2.24, 2.45) is 5.92 Å². The highest BCUT2D eigenvalue weighted by Gasteiger charge is 2.33. The molecule has 0 aliphatic carbocycles. The fourth-order valence-electron chi connectivity index (χ4n) is 3.10. The van der Waals surface area contributed by atoms with Gasteiger partial charge in [0.1, 0.15) is 4.21 Å². The number of carbonyl (C=O) groups is 1. The molecule has 2 heterocycles. The van der Waals surface area contributed by atoms with Crippen molar-refractivity contribution in [3.63, 3.8) is 0 Å². The van der Waals surface area contributed by atoms with Crippen molar-refractivity contribution in [3.05, 3.63) is 52.4 Å². The van der Waals surface area contributed by atoms with Crippen LogP contribution in [0.1, 0.15) is 18.4 Å². The summed E-state index contributed by atoms with van der Waals surface area (Å²) in [7, 11) is -3.49. The van der Waals surface area contributed by atoms with Gasteiger partial charge in [-0.15, -0.1) is 11.3 Å². The molecule has 1 aliphatic rings. The van der Waals surface area contributed by atoms with E-state index < -0.39 is 10.0 Å². The zero-order chi connectivity index (χ0) is 20.0. The van der Waals surface area contributed by atoms with Gasteiger partial charge < -0.3 is 5.32 Å². The number of halogens is 1. The maximum absolute atomic E-state index is 12.7. The molecule has 1 aromatic carbocycles. The second kappa shape index (κ2) is 10.1. The van der Waals surface area contributed by atoms with Crippen molar-refractivity contribution in [1.29, 1.82) is 0 Å². The third-order valence-electron chi connectivity index (χ3n) is 4.61. The predicted octanol–water partition coefficient (Wildman–Crippen LogP) is 3.85. The molecule has 1 aliphatic heterocycles. The van der Waals surface area contributed by atoms with E-state index in [0.29, 0.717) is 23.7 Å². The highest BCUT2D eigenvalue weighted by atomic mass is 35.5. The van der Waals surface area contributed by atoms with Crippen LogP contribution in [0.2, 0.25) is 5.02 Å². The molecular weight excluding hydrogens is 436 g/mol. The Morgan fingerprint density at radius 3 is 2.86 bits per heavy atom. The van der Waals surface area contributed by atoms with Gasteiger partial charge in [-0.2, -0.15) is 16.1 Å². The fraction of sp³-hybridized carbons (Fsp3) is 0.421. The number of nitrogens with zero attached hydrogens (tertiary/aromatic N) is 1. The Hall–Kier alpha value is -1.06. The normalized spacial score (nSPS) is 18.1. The molecule has 1 N–H and O–H groups in total. The van der Waals surface area contributed by atoms with Crippen molar-refractivity contribution < 1.29 is 13.2 Å². The summed E-state index contributed by atoms with van der Waals surface area (Å²) in [6.07, 6.45) is 1.42. The van der Waals surface area contributed by atoms with Gasteiger partial charge >= 0.3 is 0 Å². The summed E-state index contributed by atoms with van der Waals surface area (Å²) in [6, 6.07) is 11.1. The minimum absolute atomic E-state index is 0.0653. The molecule has 0 saturated carbocycles. The number of carbonyl (C=O) groups excluding carboxylic acids is 1. The molecule has 1 unspecified atom stereocenters. The van der Waals surface area contributed by atoms with Crippen molar-refractivity contribution in [2.45, 2.75) is 22.8 Å². The van der Waals surface area contributed by atoms with Gasteiger partial charge in [-0.25, -0.2) is 8.42 Å². The number of benzene rings is 1. The highest BCUT2D eigenvalue weighted by molar-refractivity contribution is 7.98. The van der Waals surface area contributed by atoms with Crippen molar-refractivity contribution in [2.75, 3.05) is 25.4 Å². The first kappa shape index (κ1) is 21.6. The van der Waals surface area contributed by atoms with Gasteiger partial charge in [0.25, 0.3) is 10.0 Å². The molecule has 3 rings (SSSR count). The van der Waals surface area contributed by atoms with Gasteiger partial charge in [-0.1, -0.05) is 35.9 Å². The van der Waals surface area contributed by atoms with Crippen LogP contribution in [-0.2, 0) is 20.6 Å². The number of nitrogens with one attached hydrogen (secondary N) is 1. The summed E-state index contributed by atoms with van der Waals surface area (Å²) < 4.78 is 27.1. The molecule has 0 spiro atoms. The number of piperidine rings is 1. The van der Waals surface area contributed by atoms with Crippen molar-refractivity contribution >= 4 is 50.6 Å². The number of thioether (sulfide) groups is 1. The van der Waals surface area contributed by atoms with E-state index >= 15 is 0 Å². The quantitative estimate of drug-likeness (QED) is 0.610. The molecule has 0 bridgehead atoms. The van der Waals surface area contributed by atoms with E-state index in [1.54, 1.807) is 29.3 Å². The van der Waals surface area contributed by atoms with Crippen molar-refractivity contribution in [1.82, 2.24) is 9.62 Å². The number of sulfonamides is 1. The molecule has 1 atom stereocenters. The van der Waals surface area contributed by atoms with Crippen LogP contribution in [0.3, 0.4) is 0 Å². The summed E-state index contributed by atoms with van der Waals surface area (Å²) in [4.78, 5) is 12.5. The topological polar surface area (TPSA) is 66.5 Å². The number of hydrogen-bond donors (Lipinski definition) is 1. The van der Waals surface area contributed by atoms with Crippen LogP contribution < -0.4 is 5.32 Å². The summed E-state index contributed by atoms with van der Waals surface area (Å²) in [5, 5.41) is 5.46. The number of thiophene rings is 1. The van der Waals surface area contributed by atoms with Gasteiger partial charge in [0.2, 0.25) is 5.91 Å². The zero-order valence-electron chi connectivity index (χ0n) is 15.3. The summed E-state index contributed by atoms with van der Waals surface area (Å²) in [6.45, 7) is 1.28. The first-order chi connectivity index (χ1) is 13.5. The average Bonchev–Trinajstić information content (AvgIpc) is 3.25. The minimum Gasteiger partial charge on any atom is -0.355 e. The van der Waals surface area contributed by atoms with Gasteiger partial charge in [-0.3, -0.25) is 4.79 Å². The van der Waals surface area contributed by atoms with Crippen LogP contribution >= 0.6 is 34.7 Å². The summed E-state index contributed by atoms with van der Waals surface area (Å²) >= 11 is 9.06. The Kier molecular flexibility index (Phi) is 7.82. The smallest absolute Gasteiger partial charge is 0.252 e. The molecule has 1 amide bonds. The second-order valence-corrected chi connectivity index (χ2v) is 11.2. The summed E-state index contributed by atoms with van der Waals surface area (Å²) in [5.41, 5.74) is 1.09. The lowest BCUT2D eigenvalue weighted by molar-refractivity contribution is -0.125. The first-order valence-electron chi connectivity index (χ1n) is 9.11. The molecule has 1 aromatic heterocycles. The van der Waals surface area contributed by atoms with E-state index in [1.165, 1.54) is 15.6 Å². The van der Waals surface area contributed by atoms with Crippen LogP contribution in [0.25, 0.3) is 0 Å². The molecule has 28 heavy (non-hydrogen) atoms. The first-order valence-corrected chi connectivity index (χ1v) is 13.0. The molecule has 1 fully saturated rings. The van der Waals surface area contributed by atoms with E-state index in [4.69, 9.17) is 11.6 Å². The van der Waals surface area contributed by atoms with Crippen LogP contribution in [0.5, 0.6) is 0 Å². The third-order valence-corrected chi connectivity index (χ3v) is 9.22. The second-order valence-electron chi connectivity index (χ2n) is 6.57. The van der Waals surface area contributed by atoms with Gasteiger partial charge in [0, 0.05) is 36.2 Å². The lowest BCUT2D eigenvalue weighted by atomic mass is 9.99. The number of amides is 1. The van der Waals surface area contributed by atoms with Crippen LogP contribution in [-0.4, -0.2) is 44.0 Å². The standard InChI is InChI=1S/C19H23ClN2O3S3/c20-17-7-2-1-5-16(17)14-26-12-9-21-19(23)15-6-3-10-22(13-15)28(24,25)18-8-4-11-27-18/h1-2,4-5,7-8,11,15H,3,6,9-10,12-14H2,(H,21,23). The van der Waals surface area contributed by atoms with Crippen LogP contribution in [0, 0.1) is 5.92 Å². The molecule has 0 radical (unpaired) electrons. The highest BCUT2D eigenvalue weighted by Crippen LogP contribution is 2.26. The lowest BCUT2D eigenvalue weighted by Crippen LogP contribution is -2.45. The number of hydrogen-bond acceptors (Lipinski definition) is 5. The minimum atomic E-state index is -3.49. The molecule has 152 valence electrons. The van der Waals surface area contributed by atoms with Crippen LogP contribution in [0.4, 0.5) is 0 Å². The molecule has 2 aromatic rings. The molecule has 5 nitrogen and oxygen atoms in total. The van der Waals surface area contributed by atoms with Crippen LogP contribution in [0.15, 0.2) is 46.0 Å². The average molecular weight is 459 g/mol. The Morgan fingerprint density at radius 1 is 1.29 bits per heavy atom. The van der Waals surface area contributed by atoms with E-state index in [0.717, 1.165) is 28.5 Å². The molecular formula is C19H23ClN2O3S3. The van der Waals surface area contributed by atoms with E-state index in [1.807, 2.05) is 24.3 Å². The summed E-state index contributed by atoms with van der Waals surface area (Å²) in [5.74, 6) is 1.22. The van der Waals surface area contributed by atoms with Gasteiger partial charge in [-0.05, 0) is 35.9 Å². The number of rotatable bonds is 8. The van der Waals surface area contributed by atoms with Gasteiger partial charge in [0.05, 0.1) is 5.92 Å². The van der Waals surface area contributed by atoms with E-state index in [9.17, 15) is 13.2 Å². The third kappa shape index (κ3) is 5.51. The van der Waals surface area contributed by atoms with E-state index in [-0.39, 0.29) is 18.4 Å². The Balaban J connectivity index is 1.44. The fourth-order valence-corrected chi connectivity index (χ4v) is 6.91. The largest absolute Gasteiger partial charge is 0.355 e. The van der Waals surface area contributed by atoms with Crippen molar-refractivity contribution in [3.8, 4) is 0 Å².